The summed E-state index contributed by atoms with van der Waals surface area (Å²) in [5.41, 5.74) is 8.55. The van der Waals surface area contributed by atoms with Crippen LogP contribution in [0.1, 0.15) is 11.1 Å². The van der Waals surface area contributed by atoms with Crippen molar-refractivity contribution in [3.63, 3.8) is 0 Å². The van der Waals surface area contributed by atoms with Gasteiger partial charge in [0.05, 0.1) is 32.5 Å². The van der Waals surface area contributed by atoms with Crippen molar-refractivity contribution in [3.8, 4) is 22.6 Å². The second-order valence-electron chi connectivity index (χ2n) is 11.0. The molecule has 0 atom stereocenters. The molecule has 0 heterocycles. The molecule has 6 aromatic rings. The molecule has 0 saturated carbocycles. The van der Waals surface area contributed by atoms with Crippen LogP contribution in [0.25, 0.3) is 34.1 Å². The van der Waals surface area contributed by atoms with E-state index in [4.69, 9.17) is 5.73 Å². The Morgan fingerprint density at radius 3 is 1.57 bits per heavy atom. The first kappa shape index (κ1) is 34.6. The van der Waals surface area contributed by atoms with Gasteiger partial charge in [-0.05, 0) is 88.8 Å². The molecular weight excluding hydrogens is 695 g/mol. The quantitative estimate of drug-likeness (QED) is 0.0563. The molecule has 13 nitrogen and oxygen atoms in total. The van der Waals surface area contributed by atoms with Crippen molar-refractivity contribution in [2.45, 2.75) is 9.79 Å². The highest BCUT2D eigenvalue weighted by Crippen LogP contribution is 2.45. The number of anilines is 1. The molecule has 0 bridgehead atoms. The van der Waals surface area contributed by atoms with Crippen molar-refractivity contribution >= 4 is 71.6 Å². The van der Waals surface area contributed by atoms with Gasteiger partial charge in [0.2, 0.25) is 0 Å². The molecule has 0 saturated heterocycles. The number of nitrogen functional groups attached to an aromatic ring is 1. The Labute approximate surface area is 291 Å². The first-order valence-electron chi connectivity index (χ1n) is 14.9. The summed E-state index contributed by atoms with van der Waals surface area (Å²) < 4.78 is 73.6. The molecule has 15 heteroatoms. The lowest BCUT2D eigenvalue weighted by Crippen LogP contribution is -2.05. The van der Waals surface area contributed by atoms with Gasteiger partial charge in [-0.3, -0.25) is 0 Å². The molecule has 6 aromatic carbocycles. The molecule has 0 fully saturated rings. The summed E-state index contributed by atoms with van der Waals surface area (Å²) >= 11 is 0. The molecule has 6 rings (SSSR count). The third kappa shape index (κ3) is 7.82. The van der Waals surface area contributed by atoms with E-state index >= 15 is 0 Å². The van der Waals surface area contributed by atoms with Crippen molar-refractivity contribution < 1.29 is 36.2 Å². The summed E-state index contributed by atoms with van der Waals surface area (Å²) in [6.45, 7) is 0. The molecule has 51 heavy (non-hydrogen) atoms. The van der Waals surface area contributed by atoms with Crippen LogP contribution in [0.3, 0.4) is 0 Å². The SMILES string of the molecule is Nc1c(N=Nc2ccc(-c3ccc(N=Nc4ccc(O)cc4)cc3)cc2)c(S(=O)(=O)[O-])cc2cc(S(=O)(=O)[O-])c(C=Cc3ccccc3)c(O)c12. The number of hydrogen-bond donors (Lipinski definition) is 3. The number of phenols is 2. The van der Waals surface area contributed by atoms with Crippen LogP contribution >= 0.6 is 0 Å². The van der Waals surface area contributed by atoms with Crippen molar-refractivity contribution in [3.05, 3.63) is 126 Å². The number of nitrogens with zero attached hydrogens (tertiary/aromatic N) is 4. The molecule has 4 N–H and O–H groups in total. The minimum atomic E-state index is -5.27. The largest absolute Gasteiger partial charge is 0.744 e. The third-order valence-corrected chi connectivity index (χ3v) is 9.35. The van der Waals surface area contributed by atoms with Crippen LogP contribution in [0.2, 0.25) is 0 Å². The van der Waals surface area contributed by atoms with Crippen molar-refractivity contribution in [1.29, 1.82) is 0 Å². The van der Waals surface area contributed by atoms with Gasteiger partial charge >= 0.3 is 0 Å². The Bertz CT molecular complexity index is 2580. The van der Waals surface area contributed by atoms with E-state index < -0.39 is 52.7 Å². The maximum Gasteiger partial charge on any atom is 0.134 e. The van der Waals surface area contributed by atoms with E-state index in [1.54, 1.807) is 78.9 Å². The van der Waals surface area contributed by atoms with Gasteiger partial charge in [0.15, 0.2) is 0 Å². The van der Waals surface area contributed by atoms with Gasteiger partial charge in [-0.1, -0.05) is 60.7 Å². The van der Waals surface area contributed by atoms with E-state index in [2.05, 4.69) is 20.5 Å². The Hall–Kier alpha value is -6.26. The Morgan fingerprint density at radius 2 is 1.06 bits per heavy atom. The maximum absolute atomic E-state index is 12.3. The van der Waals surface area contributed by atoms with Crippen LogP contribution in [-0.4, -0.2) is 36.2 Å². The molecule has 0 aromatic heterocycles. The highest BCUT2D eigenvalue weighted by molar-refractivity contribution is 7.86. The molecule has 0 amide bonds. The van der Waals surface area contributed by atoms with E-state index in [0.717, 1.165) is 23.3 Å². The van der Waals surface area contributed by atoms with Crippen LogP contribution in [0.15, 0.2) is 146 Å². The molecular formula is C36H25N5O8S2-2. The zero-order chi connectivity index (χ0) is 36.3. The lowest BCUT2D eigenvalue weighted by molar-refractivity contribution is 0.457. The minimum Gasteiger partial charge on any atom is -0.744 e. The normalized spacial score (nSPS) is 12.4. The average molecular weight is 720 g/mol. The van der Waals surface area contributed by atoms with E-state index in [1.165, 1.54) is 24.3 Å². The predicted octanol–water partition coefficient (Wildman–Crippen LogP) is 8.31. The highest BCUT2D eigenvalue weighted by Gasteiger charge is 2.23. The number of phenolic OH excluding ortho intramolecular Hbond substituents is 2. The fraction of sp³-hybridized carbons (Fsp3) is 0. The monoisotopic (exact) mass is 719 g/mol. The summed E-state index contributed by atoms with van der Waals surface area (Å²) in [4.78, 5) is -1.78. The van der Waals surface area contributed by atoms with Crippen molar-refractivity contribution in [2.75, 3.05) is 5.73 Å². The highest BCUT2D eigenvalue weighted by atomic mass is 32.2. The lowest BCUT2D eigenvalue weighted by Gasteiger charge is -2.19. The van der Waals surface area contributed by atoms with E-state index in [9.17, 15) is 36.2 Å². The maximum atomic E-state index is 12.3. The topological polar surface area (TPSA) is 230 Å². The van der Waals surface area contributed by atoms with Gasteiger partial charge in [0, 0.05) is 10.9 Å². The van der Waals surface area contributed by atoms with E-state index in [1.807, 2.05) is 12.1 Å². The standard InChI is InChI=1S/C36H27N5O8S2/c37-34-33-25(20-31(50(44,45)46)30(36(33)43)19-6-22-4-2-1-3-5-22)21-32(51(47,48)49)35(34)41-40-27-13-9-24(10-14-27)23-7-11-26(12-8-23)38-39-28-15-17-29(42)18-16-28/h1-21,42-43H,37H2,(H,44,45,46)(H,47,48,49)/p-2. The number of fused-ring (bicyclic) bond motifs is 1. The van der Waals surface area contributed by atoms with Gasteiger partial charge < -0.3 is 25.1 Å². The van der Waals surface area contributed by atoms with Crippen LogP contribution in [0.5, 0.6) is 11.5 Å². The molecule has 0 unspecified atom stereocenters. The summed E-state index contributed by atoms with van der Waals surface area (Å²) in [5.74, 6) is -0.613. The van der Waals surface area contributed by atoms with Gasteiger partial charge in [-0.15, -0.1) is 5.11 Å². The Morgan fingerprint density at radius 1 is 0.588 bits per heavy atom. The molecule has 0 aliphatic heterocycles. The molecule has 0 aliphatic rings. The number of azo groups is 2. The second kappa shape index (κ2) is 13.9. The van der Waals surface area contributed by atoms with Crippen LogP contribution in [-0.2, 0) is 20.2 Å². The first-order valence-corrected chi connectivity index (χ1v) is 17.7. The summed E-state index contributed by atoms with van der Waals surface area (Å²) in [7, 11) is -10.5. The average Bonchev–Trinajstić information content (AvgIpc) is 3.10. The molecule has 0 spiro atoms. The van der Waals surface area contributed by atoms with Crippen molar-refractivity contribution in [2.24, 2.45) is 20.5 Å². The Balaban J connectivity index is 1.34. The van der Waals surface area contributed by atoms with Crippen LogP contribution < -0.4 is 5.73 Å². The van der Waals surface area contributed by atoms with Gasteiger partial charge in [-0.25, -0.2) is 16.8 Å². The predicted molar refractivity (Wildman–Crippen MR) is 190 cm³/mol. The Kier molecular flexibility index (Phi) is 9.45. The molecule has 256 valence electrons. The third-order valence-electron chi connectivity index (χ3n) is 7.62. The number of rotatable bonds is 9. The molecule has 0 aliphatic carbocycles. The summed E-state index contributed by atoms with van der Waals surface area (Å²) in [6, 6.07) is 30.4. The smallest absolute Gasteiger partial charge is 0.134 e. The zero-order valence-electron chi connectivity index (χ0n) is 26.2. The fourth-order valence-corrected chi connectivity index (χ4v) is 6.49. The second-order valence-corrected chi connectivity index (χ2v) is 13.7. The van der Waals surface area contributed by atoms with E-state index in [-0.39, 0.29) is 22.2 Å². The first-order chi connectivity index (χ1) is 24.3. The lowest BCUT2D eigenvalue weighted by atomic mass is 10.0. The summed E-state index contributed by atoms with van der Waals surface area (Å²) in [6.07, 6.45) is 2.68. The van der Waals surface area contributed by atoms with Crippen molar-refractivity contribution in [1.82, 2.24) is 0 Å². The van der Waals surface area contributed by atoms with Gasteiger partial charge in [0.1, 0.15) is 37.4 Å². The number of nitrogens with two attached hydrogens (primary N) is 1. The number of aromatic hydroxyl groups is 2. The fourth-order valence-electron chi connectivity index (χ4n) is 5.13. The van der Waals surface area contributed by atoms with Crippen LogP contribution in [0, 0.1) is 0 Å². The van der Waals surface area contributed by atoms with E-state index in [0.29, 0.717) is 16.9 Å². The van der Waals surface area contributed by atoms with Gasteiger partial charge in [0.25, 0.3) is 0 Å². The number of hydrogen-bond acceptors (Lipinski definition) is 13. The van der Waals surface area contributed by atoms with Crippen LogP contribution in [0.4, 0.5) is 28.4 Å². The number of benzene rings is 6. The zero-order valence-corrected chi connectivity index (χ0v) is 27.8. The van der Waals surface area contributed by atoms with Gasteiger partial charge in [-0.2, -0.15) is 15.3 Å². The summed E-state index contributed by atoms with van der Waals surface area (Å²) in [5, 5.41) is 36.5. The molecule has 0 radical (unpaired) electrons. The minimum absolute atomic E-state index is 0.128.